The molecule has 0 N–H and O–H groups in total. The number of nitrogens with zero attached hydrogens (tertiary/aromatic N) is 1. The van der Waals surface area contributed by atoms with Crippen LogP contribution in [0.25, 0.3) is 23.3 Å². The van der Waals surface area contributed by atoms with Crippen molar-refractivity contribution >= 4 is 35.2 Å². The Bertz CT molecular complexity index is 1520. The quantitative estimate of drug-likeness (QED) is 0.0934. The van der Waals surface area contributed by atoms with Gasteiger partial charge in [0.1, 0.15) is 5.75 Å². The van der Waals surface area contributed by atoms with E-state index in [1.807, 2.05) is 30.3 Å². The molecule has 5 aromatic carbocycles. The first-order valence-corrected chi connectivity index (χ1v) is 12.4. The summed E-state index contributed by atoms with van der Waals surface area (Å²) in [6.45, 7) is 3.41. The number of hydrogen-bond donors (Lipinski definition) is 0. The zero-order chi connectivity index (χ0) is 26.2. The minimum Gasteiger partial charge on any atom is -0.423 e. The lowest BCUT2D eigenvalue weighted by Crippen LogP contribution is -2.09. The first-order valence-electron chi connectivity index (χ1n) is 12.4. The summed E-state index contributed by atoms with van der Waals surface area (Å²) in [5.74, 6) is 0.0271. The lowest BCUT2D eigenvalue weighted by atomic mass is 10.0. The van der Waals surface area contributed by atoms with Crippen molar-refractivity contribution in [2.45, 2.75) is 0 Å². The van der Waals surface area contributed by atoms with Crippen LogP contribution in [0.4, 0.5) is 17.1 Å². The number of hydrogen-bond acceptors (Lipinski definition) is 3. The highest BCUT2D eigenvalue weighted by Gasteiger charge is 2.12. The maximum atomic E-state index is 11.3. The lowest BCUT2D eigenvalue weighted by molar-refractivity contribution is -0.128. The van der Waals surface area contributed by atoms with E-state index in [0.29, 0.717) is 5.75 Å². The van der Waals surface area contributed by atoms with Crippen LogP contribution < -0.4 is 9.64 Å². The largest absolute Gasteiger partial charge is 0.423 e. The summed E-state index contributed by atoms with van der Waals surface area (Å²) in [4.78, 5) is 13.6. The normalized spacial score (nSPS) is 10.7. The van der Waals surface area contributed by atoms with Gasteiger partial charge in [0.15, 0.2) is 0 Å². The SMILES string of the molecule is C=CC(=O)Oc1ccc(C=Cc2ccc(N(c3ccccc3)c3ccc(-c4ccccc4)cc3)cc2)cc1. The topological polar surface area (TPSA) is 29.5 Å². The first-order chi connectivity index (χ1) is 18.7. The van der Waals surface area contributed by atoms with E-state index in [1.165, 1.54) is 11.1 Å². The standard InChI is InChI=1S/C35H27NO2/c1-2-35(37)38-34-25-17-28(18-26-34)14-13-27-15-21-32(22-16-27)36(31-11-7-4-8-12-31)33-23-19-30(20-24-33)29-9-5-3-6-10-29/h2-26H,1H2. The third-order valence-electron chi connectivity index (χ3n) is 6.13. The molecule has 0 aliphatic carbocycles. The average Bonchev–Trinajstić information content (AvgIpc) is 2.99. The zero-order valence-electron chi connectivity index (χ0n) is 20.9. The number of carbonyl (C=O) groups excluding carboxylic acids is 1. The molecule has 0 aliphatic rings. The Morgan fingerprint density at radius 2 is 1.00 bits per heavy atom. The van der Waals surface area contributed by atoms with E-state index in [4.69, 9.17) is 4.74 Å². The molecular formula is C35H27NO2. The molecule has 3 nitrogen and oxygen atoms in total. The van der Waals surface area contributed by atoms with Crippen LogP contribution in [0.15, 0.2) is 146 Å². The third-order valence-corrected chi connectivity index (χ3v) is 6.13. The van der Waals surface area contributed by atoms with Crippen molar-refractivity contribution < 1.29 is 9.53 Å². The van der Waals surface area contributed by atoms with Gasteiger partial charge < -0.3 is 9.64 Å². The molecule has 184 valence electrons. The molecule has 0 radical (unpaired) electrons. The Kier molecular flexibility index (Phi) is 7.57. The molecule has 0 unspecified atom stereocenters. The fourth-order valence-corrected chi connectivity index (χ4v) is 4.19. The van der Waals surface area contributed by atoms with Crippen molar-refractivity contribution in [1.82, 2.24) is 0 Å². The van der Waals surface area contributed by atoms with Crippen LogP contribution in [0.1, 0.15) is 11.1 Å². The second kappa shape index (κ2) is 11.7. The van der Waals surface area contributed by atoms with E-state index in [1.54, 1.807) is 12.1 Å². The van der Waals surface area contributed by atoms with Crippen LogP contribution in [0.2, 0.25) is 0 Å². The summed E-state index contributed by atoms with van der Waals surface area (Å²) in [7, 11) is 0. The predicted molar refractivity (Wildman–Crippen MR) is 158 cm³/mol. The van der Waals surface area contributed by atoms with Crippen LogP contribution in [0, 0.1) is 0 Å². The minimum atomic E-state index is -0.468. The number of carbonyl (C=O) groups is 1. The van der Waals surface area contributed by atoms with Gasteiger partial charge in [-0.15, -0.1) is 0 Å². The Hall–Kier alpha value is -5.15. The fraction of sp³-hybridized carbons (Fsp3) is 0. The van der Waals surface area contributed by atoms with Crippen LogP contribution >= 0.6 is 0 Å². The van der Waals surface area contributed by atoms with E-state index in [2.05, 4.69) is 115 Å². The van der Waals surface area contributed by atoms with Crippen molar-refractivity contribution in [3.63, 3.8) is 0 Å². The van der Waals surface area contributed by atoms with Gasteiger partial charge >= 0.3 is 5.97 Å². The molecule has 5 aromatic rings. The molecule has 0 spiro atoms. The number of rotatable bonds is 8. The second-order valence-electron chi connectivity index (χ2n) is 8.70. The van der Waals surface area contributed by atoms with Crippen LogP contribution in [-0.2, 0) is 4.79 Å². The average molecular weight is 494 g/mol. The number of esters is 1. The highest BCUT2D eigenvalue weighted by Crippen LogP contribution is 2.35. The van der Waals surface area contributed by atoms with Crippen molar-refractivity contribution in [2.75, 3.05) is 4.90 Å². The summed E-state index contributed by atoms with van der Waals surface area (Å²) in [5.41, 5.74) is 7.76. The molecule has 0 fully saturated rings. The molecule has 38 heavy (non-hydrogen) atoms. The molecule has 0 aliphatic heterocycles. The Balaban J connectivity index is 1.37. The monoisotopic (exact) mass is 493 g/mol. The van der Waals surface area contributed by atoms with Gasteiger partial charge in [0.25, 0.3) is 0 Å². The number of para-hydroxylation sites is 1. The van der Waals surface area contributed by atoms with Gasteiger partial charge in [0.05, 0.1) is 0 Å². The minimum absolute atomic E-state index is 0.468. The van der Waals surface area contributed by atoms with E-state index in [-0.39, 0.29) is 0 Å². The van der Waals surface area contributed by atoms with E-state index in [9.17, 15) is 4.79 Å². The molecule has 0 saturated carbocycles. The molecule has 0 saturated heterocycles. The molecule has 0 atom stereocenters. The number of benzene rings is 5. The maximum absolute atomic E-state index is 11.3. The van der Waals surface area contributed by atoms with E-state index in [0.717, 1.165) is 34.3 Å². The van der Waals surface area contributed by atoms with Gasteiger partial charge in [-0.05, 0) is 70.8 Å². The lowest BCUT2D eigenvalue weighted by Gasteiger charge is -2.25. The second-order valence-corrected chi connectivity index (χ2v) is 8.70. The Morgan fingerprint density at radius 1 is 0.553 bits per heavy atom. The van der Waals surface area contributed by atoms with Crippen LogP contribution in [0.5, 0.6) is 5.75 Å². The number of ether oxygens (including phenoxy) is 1. The van der Waals surface area contributed by atoms with Crippen molar-refractivity contribution in [3.8, 4) is 16.9 Å². The summed E-state index contributed by atoms with van der Waals surface area (Å²) in [5, 5.41) is 0. The molecule has 5 rings (SSSR count). The third kappa shape index (κ3) is 5.97. The number of anilines is 3. The molecule has 0 aromatic heterocycles. The summed E-state index contributed by atoms with van der Waals surface area (Å²) in [6.07, 6.45) is 5.25. The van der Waals surface area contributed by atoms with E-state index >= 15 is 0 Å². The Morgan fingerprint density at radius 3 is 1.55 bits per heavy atom. The molecule has 0 heterocycles. The van der Waals surface area contributed by atoms with E-state index < -0.39 is 5.97 Å². The highest BCUT2D eigenvalue weighted by molar-refractivity contribution is 5.83. The first kappa shape index (κ1) is 24.5. The molecule has 0 bridgehead atoms. The van der Waals surface area contributed by atoms with Gasteiger partial charge in [-0.25, -0.2) is 4.79 Å². The highest BCUT2D eigenvalue weighted by atomic mass is 16.5. The van der Waals surface area contributed by atoms with Crippen LogP contribution in [0.3, 0.4) is 0 Å². The van der Waals surface area contributed by atoms with Crippen molar-refractivity contribution in [3.05, 3.63) is 157 Å². The zero-order valence-corrected chi connectivity index (χ0v) is 20.9. The predicted octanol–water partition coefficient (Wildman–Crippen LogP) is 9.09. The fourth-order valence-electron chi connectivity index (χ4n) is 4.19. The van der Waals surface area contributed by atoms with Gasteiger partial charge in [-0.2, -0.15) is 0 Å². The van der Waals surface area contributed by atoms with Gasteiger partial charge in [-0.3, -0.25) is 0 Å². The molecular weight excluding hydrogens is 466 g/mol. The smallest absolute Gasteiger partial charge is 0.335 e. The summed E-state index contributed by atoms with van der Waals surface area (Å²) < 4.78 is 5.13. The van der Waals surface area contributed by atoms with Gasteiger partial charge in [0, 0.05) is 23.1 Å². The van der Waals surface area contributed by atoms with Gasteiger partial charge in [0.2, 0.25) is 0 Å². The molecule has 3 heteroatoms. The molecule has 0 amide bonds. The summed E-state index contributed by atoms with van der Waals surface area (Å²) >= 11 is 0. The maximum Gasteiger partial charge on any atom is 0.335 e. The van der Waals surface area contributed by atoms with Crippen molar-refractivity contribution in [1.29, 1.82) is 0 Å². The Labute approximate surface area is 223 Å². The van der Waals surface area contributed by atoms with Crippen LogP contribution in [-0.4, -0.2) is 5.97 Å². The van der Waals surface area contributed by atoms with Gasteiger partial charge in [-0.1, -0.05) is 104 Å². The van der Waals surface area contributed by atoms with Crippen molar-refractivity contribution in [2.24, 2.45) is 0 Å². The summed E-state index contributed by atoms with van der Waals surface area (Å²) in [6, 6.07) is 45.3.